The summed E-state index contributed by atoms with van der Waals surface area (Å²) in [5, 5.41) is 0. The number of methoxy groups -OCH3 is 1. The smallest absolute Gasteiger partial charge is 0.147 e. The van der Waals surface area contributed by atoms with Crippen molar-refractivity contribution in [1.82, 2.24) is 0 Å². The molecule has 2 nitrogen and oxygen atoms in total. The van der Waals surface area contributed by atoms with E-state index in [4.69, 9.17) is 16.3 Å². The molecule has 0 bridgehead atoms. The zero-order valence-corrected chi connectivity index (χ0v) is 10.9. The monoisotopic (exact) mass is 290 g/mol. The Morgan fingerprint density at radius 2 is 2.27 bits per heavy atom. The third kappa shape index (κ3) is 2.95. The number of Topliss-reactive ketones (excluding diaryl/α,β-unsaturated/α-hetero) is 1. The van der Waals surface area contributed by atoms with Gasteiger partial charge in [0.15, 0.2) is 0 Å². The Morgan fingerprint density at radius 3 is 2.73 bits per heavy atom. The predicted octanol–water partition coefficient (Wildman–Crippen LogP) is 3.46. The zero-order valence-electron chi connectivity index (χ0n) is 8.59. The molecule has 1 aromatic rings. The van der Waals surface area contributed by atoms with E-state index in [0.29, 0.717) is 11.6 Å². The van der Waals surface area contributed by atoms with E-state index in [1.165, 1.54) is 0 Å². The molecule has 1 unspecified atom stereocenters. The van der Waals surface area contributed by atoms with E-state index in [1.54, 1.807) is 14.0 Å². The third-order valence-electron chi connectivity index (χ3n) is 2.10. The molecule has 15 heavy (non-hydrogen) atoms. The highest BCUT2D eigenvalue weighted by Crippen LogP contribution is 2.29. The van der Waals surface area contributed by atoms with Crippen LogP contribution in [-0.2, 0) is 10.7 Å². The van der Waals surface area contributed by atoms with Gasteiger partial charge in [0.2, 0.25) is 0 Å². The number of hydrogen-bond acceptors (Lipinski definition) is 2. The van der Waals surface area contributed by atoms with Gasteiger partial charge >= 0.3 is 0 Å². The lowest BCUT2D eigenvalue weighted by Gasteiger charge is -2.11. The maximum Gasteiger partial charge on any atom is 0.147 e. The summed E-state index contributed by atoms with van der Waals surface area (Å²) in [5.74, 6) is 1.18. The zero-order chi connectivity index (χ0) is 11.4. The van der Waals surface area contributed by atoms with Crippen molar-refractivity contribution in [3.8, 4) is 5.75 Å². The SMILES string of the molecule is COc1cc(C(Br)C(C)=O)ccc1CCl. The molecular formula is C11H12BrClO2. The summed E-state index contributed by atoms with van der Waals surface area (Å²) in [7, 11) is 1.59. The molecule has 0 radical (unpaired) electrons. The summed E-state index contributed by atoms with van der Waals surface area (Å²) in [6, 6.07) is 5.58. The van der Waals surface area contributed by atoms with Crippen molar-refractivity contribution in [2.45, 2.75) is 17.6 Å². The normalized spacial score (nSPS) is 12.3. The van der Waals surface area contributed by atoms with Crippen LogP contribution in [0.3, 0.4) is 0 Å². The van der Waals surface area contributed by atoms with Crippen molar-refractivity contribution in [1.29, 1.82) is 0 Å². The molecule has 0 fully saturated rings. The molecule has 0 aliphatic carbocycles. The Balaban J connectivity index is 3.07. The van der Waals surface area contributed by atoms with Gasteiger partial charge in [-0.25, -0.2) is 0 Å². The highest BCUT2D eigenvalue weighted by molar-refractivity contribution is 9.09. The molecule has 0 heterocycles. The number of carbonyl (C=O) groups is 1. The van der Waals surface area contributed by atoms with Gasteiger partial charge in [-0.3, -0.25) is 4.79 Å². The number of halogens is 2. The first-order valence-corrected chi connectivity index (χ1v) is 5.92. The average Bonchev–Trinajstić information content (AvgIpc) is 2.26. The fourth-order valence-corrected chi connectivity index (χ4v) is 1.77. The summed E-state index contributed by atoms with van der Waals surface area (Å²) in [5.41, 5.74) is 1.80. The minimum atomic E-state index is -0.282. The molecule has 1 atom stereocenters. The molecule has 1 aromatic carbocycles. The van der Waals surface area contributed by atoms with Gasteiger partial charge in [-0.1, -0.05) is 28.1 Å². The third-order valence-corrected chi connectivity index (χ3v) is 3.57. The Bertz CT molecular complexity index is 366. The topological polar surface area (TPSA) is 26.3 Å². The number of benzene rings is 1. The van der Waals surface area contributed by atoms with Crippen LogP contribution in [0.4, 0.5) is 0 Å². The van der Waals surface area contributed by atoms with E-state index in [9.17, 15) is 4.79 Å². The van der Waals surface area contributed by atoms with E-state index in [0.717, 1.165) is 11.1 Å². The first-order valence-electron chi connectivity index (χ1n) is 4.47. The van der Waals surface area contributed by atoms with Gasteiger partial charge in [0.25, 0.3) is 0 Å². The van der Waals surface area contributed by atoms with Gasteiger partial charge in [0.05, 0.1) is 17.8 Å². The molecule has 0 aromatic heterocycles. The quantitative estimate of drug-likeness (QED) is 0.794. The van der Waals surface area contributed by atoms with E-state index in [2.05, 4.69) is 15.9 Å². The highest BCUT2D eigenvalue weighted by atomic mass is 79.9. The molecule has 4 heteroatoms. The molecule has 0 aliphatic rings. The van der Waals surface area contributed by atoms with Gasteiger partial charge in [0.1, 0.15) is 11.5 Å². The van der Waals surface area contributed by atoms with Crippen LogP contribution in [0.2, 0.25) is 0 Å². The van der Waals surface area contributed by atoms with Crippen LogP contribution in [0.1, 0.15) is 22.9 Å². The summed E-state index contributed by atoms with van der Waals surface area (Å²) in [6.45, 7) is 1.54. The minimum Gasteiger partial charge on any atom is -0.496 e. The molecule has 82 valence electrons. The van der Waals surface area contributed by atoms with Gasteiger partial charge in [-0.05, 0) is 18.6 Å². The Labute approximate surface area is 103 Å². The van der Waals surface area contributed by atoms with Crippen molar-refractivity contribution < 1.29 is 9.53 Å². The molecule has 0 spiro atoms. The van der Waals surface area contributed by atoms with Gasteiger partial charge in [0, 0.05) is 5.56 Å². The van der Waals surface area contributed by atoms with Crippen LogP contribution in [0, 0.1) is 0 Å². The molecule has 0 saturated heterocycles. The molecule has 0 saturated carbocycles. The lowest BCUT2D eigenvalue weighted by Crippen LogP contribution is -2.02. The van der Waals surface area contributed by atoms with Crippen molar-refractivity contribution in [2.75, 3.05) is 7.11 Å². The minimum absolute atomic E-state index is 0.0654. The molecule has 0 aliphatic heterocycles. The Kier molecular flexibility index (Phi) is 4.61. The number of alkyl halides is 2. The van der Waals surface area contributed by atoms with Crippen molar-refractivity contribution in [3.63, 3.8) is 0 Å². The van der Waals surface area contributed by atoms with E-state index < -0.39 is 0 Å². The molecule has 0 amide bonds. The number of rotatable bonds is 4. The molecule has 0 N–H and O–H groups in total. The van der Waals surface area contributed by atoms with Crippen LogP contribution in [-0.4, -0.2) is 12.9 Å². The second kappa shape index (κ2) is 5.52. The van der Waals surface area contributed by atoms with Crippen LogP contribution in [0.15, 0.2) is 18.2 Å². The predicted molar refractivity (Wildman–Crippen MR) is 64.9 cm³/mol. The maximum absolute atomic E-state index is 11.2. The molecular weight excluding hydrogens is 279 g/mol. The Hall–Kier alpha value is -0.540. The van der Waals surface area contributed by atoms with Crippen molar-refractivity contribution in [2.24, 2.45) is 0 Å². The summed E-state index contributed by atoms with van der Waals surface area (Å²) >= 11 is 9.07. The fraction of sp³-hybridized carbons (Fsp3) is 0.364. The van der Waals surface area contributed by atoms with E-state index in [1.807, 2.05) is 18.2 Å². The lowest BCUT2D eigenvalue weighted by atomic mass is 10.1. The van der Waals surface area contributed by atoms with Crippen molar-refractivity contribution in [3.05, 3.63) is 29.3 Å². The van der Waals surface area contributed by atoms with Crippen LogP contribution >= 0.6 is 27.5 Å². The first-order chi connectivity index (χ1) is 7.10. The fourth-order valence-electron chi connectivity index (χ4n) is 1.26. The number of hydrogen-bond donors (Lipinski definition) is 0. The van der Waals surface area contributed by atoms with Gasteiger partial charge in [-0.15, -0.1) is 11.6 Å². The molecule has 1 rings (SSSR count). The summed E-state index contributed by atoms with van der Waals surface area (Å²) in [6.07, 6.45) is 0. The summed E-state index contributed by atoms with van der Waals surface area (Å²) < 4.78 is 5.19. The number of ether oxygens (including phenoxy) is 1. The summed E-state index contributed by atoms with van der Waals surface area (Å²) in [4.78, 5) is 10.9. The average molecular weight is 292 g/mol. The lowest BCUT2D eigenvalue weighted by molar-refractivity contribution is -0.116. The number of carbonyl (C=O) groups excluding carboxylic acids is 1. The highest BCUT2D eigenvalue weighted by Gasteiger charge is 2.14. The van der Waals surface area contributed by atoms with Crippen LogP contribution in [0.5, 0.6) is 5.75 Å². The van der Waals surface area contributed by atoms with E-state index >= 15 is 0 Å². The van der Waals surface area contributed by atoms with Gasteiger partial charge < -0.3 is 4.74 Å². The van der Waals surface area contributed by atoms with Crippen LogP contribution in [0.25, 0.3) is 0 Å². The second-order valence-electron chi connectivity index (χ2n) is 3.18. The second-order valence-corrected chi connectivity index (χ2v) is 4.36. The largest absolute Gasteiger partial charge is 0.496 e. The number of ketones is 1. The Morgan fingerprint density at radius 1 is 1.60 bits per heavy atom. The van der Waals surface area contributed by atoms with Crippen molar-refractivity contribution >= 4 is 33.3 Å². The first kappa shape index (κ1) is 12.5. The maximum atomic E-state index is 11.2. The standard InChI is InChI=1S/C11H12BrClO2/c1-7(14)11(12)8-3-4-9(6-13)10(5-8)15-2/h3-5,11H,6H2,1-2H3. The van der Waals surface area contributed by atoms with Gasteiger partial charge in [-0.2, -0.15) is 0 Å². The van der Waals surface area contributed by atoms with Crippen LogP contribution < -0.4 is 4.74 Å². The van der Waals surface area contributed by atoms with E-state index in [-0.39, 0.29) is 10.6 Å².